The molecule has 164 valence electrons. The van der Waals surface area contributed by atoms with Crippen molar-refractivity contribution in [1.82, 2.24) is 9.62 Å². The van der Waals surface area contributed by atoms with Crippen LogP contribution < -0.4 is 19.1 Å². The molecule has 0 spiro atoms. The SMILES string of the molecule is COc1ccc(CCS(=O)(=O)NCCN2CCN(c3ccc(OC)cc3)CC2)cc1. The summed E-state index contributed by atoms with van der Waals surface area (Å²) in [6, 6.07) is 15.6. The van der Waals surface area contributed by atoms with Crippen molar-refractivity contribution in [3.63, 3.8) is 0 Å². The average Bonchev–Trinajstić information content (AvgIpc) is 2.78. The van der Waals surface area contributed by atoms with Crippen molar-refractivity contribution in [3.8, 4) is 11.5 Å². The van der Waals surface area contributed by atoms with Crippen LogP contribution in [-0.2, 0) is 16.4 Å². The number of ether oxygens (including phenoxy) is 2. The first kappa shape index (κ1) is 22.4. The van der Waals surface area contributed by atoms with Gasteiger partial charge in [0, 0.05) is 45.0 Å². The van der Waals surface area contributed by atoms with E-state index in [0.29, 0.717) is 13.0 Å². The molecular weight excluding hydrogens is 402 g/mol. The summed E-state index contributed by atoms with van der Waals surface area (Å²) in [5.41, 5.74) is 2.17. The monoisotopic (exact) mass is 433 g/mol. The van der Waals surface area contributed by atoms with Gasteiger partial charge in [0.05, 0.1) is 20.0 Å². The number of benzene rings is 2. The van der Waals surface area contributed by atoms with Gasteiger partial charge in [-0.05, 0) is 48.4 Å². The Morgan fingerprint density at radius 1 is 0.867 bits per heavy atom. The number of hydrogen-bond donors (Lipinski definition) is 1. The number of nitrogens with zero attached hydrogens (tertiary/aromatic N) is 2. The molecule has 8 heteroatoms. The highest BCUT2D eigenvalue weighted by molar-refractivity contribution is 7.89. The molecule has 0 bridgehead atoms. The Balaban J connectivity index is 1.36. The lowest BCUT2D eigenvalue weighted by molar-refractivity contribution is 0.262. The predicted octanol–water partition coefficient (Wildman–Crippen LogP) is 1.99. The zero-order valence-corrected chi connectivity index (χ0v) is 18.5. The fourth-order valence-electron chi connectivity index (χ4n) is 3.50. The van der Waals surface area contributed by atoms with E-state index in [4.69, 9.17) is 9.47 Å². The van der Waals surface area contributed by atoms with Gasteiger partial charge in [-0.1, -0.05) is 12.1 Å². The molecule has 0 aromatic heterocycles. The Labute approximate surface area is 179 Å². The van der Waals surface area contributed by atoms with Crippen molar-refractivity contribution in [2.75, 3.05) is 64.1 Å². The maximum atomic E-state index is 12.3. The van der Waals surface area contributed by atoms with Gasteiger partial charge in [0.1, 0.15) is 11.5 Å². The Kier molecular flexibility index (Phi) is 7.95. The van der Waals surface area contributed by atoms with Crippen LogP contribution in [0.2, 0.25) is 0 Å². The maximum absolute atomic E-state index is 12.3. The topological polar surface area (TPSA) is 71.1 Å². The van der Waals surface area contributed by atoms with Crippen LogP contribution in [0, 0.1) is 0 Å². The summed E-state index contributed by atoms with van der Waals surface area (Å²) in [6.07, 6.45) is 0.486. The van der Waals surface area contributed by atoms with Crippen LogP contribution in [0.25, 0.3) is 0 Å². The van der Waals surface area contributed by atoms with E-state index in [9.17, 15) is 8.42 Å². The molecule has 0 unspecified atom stereocenters. The van der Waals surface area contributed by atoms with Crippen LogP contribution in [0.1, 0.15) is 5.56 Å². The normalized spacial score (nSPS) is 15.2. The molecular formula is C22H31N3O4S. The number of piperazine rings is 1. The van der Waals surface area contributed by atoms with Crippen LogP contribution in [-0.4, -0.2) is 72.6 Å². The van der Waals surface area contributed by atoms with E-state index in [1.54, 1.807) is 14.2 Å². The molecule has 1 aliphatic heterocycles. The van der Waals surface area contributed by atoms with E-state index < -0.39 is 10.0 Å². The number of sulfonamides is 1. The van der Waals surface area contributed by atoms with E-state index in [2.05, 4.69) is 26.7 Å². The van der Waals surface area contributed by atoms with E-state index in [-0.39, 0.29) is 5.75 Å². The lowest BCUT2D eigenvalue weighted by atomic mass is 10.2. The van der Waals surface area contributed by atoms with Gasteiger partial charge in [-0.3, -0.25) is 4.90 Å². The molecule has 1 heterocycles. The first-order valence-electron chi connectivity index (χ1n) is 10.2. The molecule has 1 saturated heterocycles. The molecule has 0 aliphatic carbocycles. The van der Waals surface area contributed by atoms with Gasteiger partial charge in [-0.2, -0.15) is 0 Å². The number of rotatable bonds is 10. The smallest absolute Gasteiger partial charge is 0.211 e. The van der Waals surface area contributed by atoms with Gasteiger partial charge in [-0.25, -0.2) is 13.1 Å². The van der Waals surface area contributed by atoms with E-state index in [1.807, 2.05) is 36.4 Å². The lowest BCUT2D eigenvalue weighted by Crippen LogP contribution is -2.48. The zero-order valence-electron chi connectivity index (χ0n) is 17.7. The van der Waals surface area contributed by atoms with Gasteiger partial charge in [0.15, 0.2) is 0 Å². The van der Waals surface area contributed by atoms with Crippen LogP contribution in [0.4, 0.5) is 5.69 Å². The second kappa shape index (κ2) is 10.7. The molecule has 0 saturated carbocycles. The highest BCUT2D eigenvalue weighted by Gasteiger charge is 2.18. The van der Waals surface area contributed by atoms with E-state index in [1.165, 1.54) is 5.69 Å². The second-order valence-corrected chi connectivity index (χ2v) is 9.26. The third-order valence-electron chi connectivity index (χ3n) is 5.38. The van der Waals surface area contributed by atoms with Crippen LogP contribution in [0.15, 0.2) is 48.5 Å². The number of aryl methyl sites for hydroxylation is 1. The van der Waals surface area contributed by atoms with Crippen molar-refractivity contribution < 1.29 is 17.9 Å². The van der Waals surface area contributed by atoms with Gasteiger partial charge in [0.2, 0.25) is 10.0 Å². The summed E-state index contributed by atoms with van der Waals surface area (Å²) in [5.74, 6) is 1.72. The Bertz CT molecular complexity index is 878. The minimum atomic E-state index is -3.29. The minimum Gasteiger partial charge on any atom is -0.497 e. The third kappa shape index (κ3) is 6.62. The van der Waals surface area contributed by atoms with Gasteiger partial charge in [0.25, 0.3) is 0 Å². The number of nitrogens with one attached hydrogen (secondary N) is 1. The highest BCUT2D eigenvalue weighted by atomic mass is 32.2. The number of hydrogen-bond acceptors (Lipinski definition) is 6. The third-order valence-corrected chi connectivity index (χ3v) is 6.76. The van der Waals surface area contributed by atoms with Gasteiger partial charge in [-0.15, -0.1) is 0 Å². The van der Waals surface area contributed by atoms with Gasteiger partial charge >= 0.3 is 0 Å². The highest BCUT2D eigenvalue weighted by Crippen LogP contribution is 2.20. The van der Waals surface area contributed by atoms with Crippen molar-refractivity contribution in [2.45, 2.75) is 6.42 Å². The molecule has 2 aromatic carbocycles. The molecule has 7 nitrogen and oxygen atoms in total. The first-order chi connectivity index (χ1) is 14.5. The van der Waals surface area contributed by atoms with Crippen molar-refractivity contribution in [3.05, 3.63) is 54.1 Å². The van der Waals surface area contributed by atoms with E-state index >= 15 is 0 Å². The lowest BCUT2D eigenvalue weighted by Gasteiger charge is -2.36. The summed E-state index contributed by atoms with van der Waals surface area (Å²) in [4.78, 5) is 4.64. The molecule has 3 rings (SSSR count). The molecule has 30 heavy (non-hydrogen) atoms. The predicted molar refractivity (Wildman–Crippen MR) is 120 cm³/mol. The number of anilines is 1. The summed E-state index contributed by atoms with van der Waals surface area (Å²) in [6.45, 7) is 4.85. The Hall–Kier alpha value is -2.29. The molecule has 1 fully saturated rings. The molecule has 0 atom stereocenters. The fourth-order valence-corrected chi connectivity index (χ4v) is 4.55. The summed E-state index contributed by atoms with van der Waals surface area (Å²) in [5, 5.41) is 0. The van der Waals surface area contributed by atoms with E-state index in [0.717, 1.165) is 49.8 Å². The molecule has 1 N–H and O–H groups in total. The van der Waals surface area contributed by atoms with Crippen molar-refractivity contribution >= 4 is 15.7 Å². The van der Waals surface area contributed by atoms with Gasteiger partial charge < -0.3 is 14.4 Å². The quantitative estimate of drug-likeness (QED) is 0.618. The molecule has 0 amide bonds. The van der Waals surface area contributed by atoms with Crippen LogP contribution >= 0.6 is 0 Å². The Morgan fingerprint density at radius 2 is 1.43 bits per heavy atom. The average molecular weight is 434 g/mol. The standard InChI is InChI=1S/C22H31N3O4S/c1-28-21-7-3-19(4-8-21)11-18-30(26,27)23-12-13-24-14-16-25(17-15-24)20-5-9-22(29-2)10-6-20/h3-10,23H,11-18H2,1-2H3. The van der Waals surface area contributed by atoms with Crippen LogP contribution in [0.5, 0.6) is 11.5 Å². The first-order valence-corrected chi connectivity index (χ1v) is 11.9. The second-order valence-electron chi connectivity index (χ2n) is 7.34. The minimum absolute atomic E-state index is 0.0879. The maximum Gasteiger partial charge on any atom is 0.211 e. The molecule has 2 aromatic rings. The summed E-state index contributed by atoms with van der Waals surface area (Å²) < 4.78 is 37.6. The Morgan fingerprint density at radius 3 is 2.00 bits per heavy atom. The largest absolute Gasteiger partial charge is 0.497 e. The van der Waals surface area contributed by atoms with Crippen molar-refractivity contribution in [2.24, 2.45) is 0 Å². The molecule has 0 radical (unpaired) electrons. The van der Waals surface area contributed by atoms with Crippen LogP contribution in [0.3, 0.4) is 0 Å². The fraction of sp³-hybridized carbons (Fsp3) is 0.455. The zero-order chi connectivity index (χ0) is 21.4. The summed E-state index contributed by atoms with van der Waals surface area (Å²) in [7, 11) is -0.00568. The number of methoxy groups -OCH3 is 2. The van der Waals surface area contributed by atoms with Crippen molar-refractivity contribution in [1.29, 1.82) is 0 Å². The summed E-state index contributed by atoms with van der Waals surface area (Å²) >= 11 is 0. The molecule has 1 aliphatic rings.